The zero-order valence-electron chi connectivity index (χ0n) is 5.89. The molecule has 0 radical (unpaired) electrons. The molecule has 0 aromatic carbocycles. The summed E-state index contributed by atoms with van der Waals surface area (Å²) in [5.74, 6) is 0.798. The quantitative estimate of drug-likeness (QED) is 0.475. The van der Waals surface area contributed by atoms with Crippen molar-refractivity contribution in [3.05, 3.63) is 0 Å². The molecule has 1 atom stereocenters. The SMILES string of the molecule is CC[C@@H](CCCl)SSC. The normalized spacial score (nSPS) is 13.7. The molecule has 0 fully saturated rings. The first-order chi connectivity index (χ1) is 4.35. The van der Waals surface area contributed by atoms with Crippen molar-refractivity contribution >= 4 is 33.2 Å². The Morgan fingerprint density at radius 3 is 2.56 bits per heavy atom. The maximum atomic E-state index is 5.59. The van der Waals surface area contributed by atoms with Crippen LogP contribution in [-0.4, -0.2) is 17.4 Å². The molecule has 3 heteroatoms. The van der Waals surface area contributed by atoms with Crippen molar-refractivity contribution < 1.29 is 0 Å². The van der Waals surface area contributed by atoms with Crippen molar-refractivity contribution in [2.45, 2.75) is 25.0 Å². The molecule has 0 saturated carbocycles. The number of rotatable bonds is 5. The zero-order chi connectivity index (χ0) is 7.11. The third kappa shape index (κ3) is 5.43. The Morgan fingerprint density at radius 2 is 2.22 bits per heavy atom. The van der Waals surface area contributed by atoms with E-state index in [1.165, 1.54) is 6.42 Å². The van der Waals surface area contributed by atoms with Gasteiger partial charge in [0.1, 0.15) is 0 Å². The monoisotopic (exact) mass is 184 g/mol. The molecule has 0 aromatic heterocycles. The molecule has 0 amide bonds. The molecular weight excluding hydrogens is 172 g/mol. The van der Waals surface area contributed by atoms with Gasteiger partial charge in [-0.15, -0.1) is 11.6 Å². The Bertz CT molecular complexity index is 53.0. The summed E-state index contributed by atoms with van der Waals surface area (Å²) in [5.41, 5.74) is 0. The highest BCUT2D eigenvalue weighted by Crippen LogP contribution is 2.28. The van der Waals surface area contributed by atoms with Crippen molar-refractivity contribution in [2.75, 3.05) is 12.1 Å². The van der Waals surface area contributed by atoms with Crippen LogP contribution in [0.5, 0.6) is 0 Å². The Hall–Kier alpha value is 0.990. The number of hydrogen-bond acceptors (Lipinski definition) is 2. The van der Waals surface area contributed by atoms with Gasteiger partial charge in [0.2, 0.25) is 0 Å². The summed E-state index contributed by atoms with van der Waals surface area (Å²) < 4.78 is 0. The lowest BCUT2D eigenvalue weighted by Gasteiger charge is -2.08. The fourth-order valence-corrected chi connectivity index (χ4v) is 3.11. The molecule has 0 rings (SSSR count). The number of alkyl halides is 1. The fourth-order valence-electron chi connectivity index (χ4n) is 0.578. The van der Waals surface area contributed by atoms with Crippen LogP contribution in [0.4, 0.5) is 0 Å². The Kier molecular flexibility index (Phi) is 7.88. The summed E-state index contributed by atoms with van der Waals surface area (Å²) in [6.07, 6.45) is 4.49. The molecular formula is C6H13ClS2. The van der Waals surface area contributed by atoms with Crippen molar-refractivity contribution in [1.82, 2.24) is 0 Å². The van der Waals surface area contributed by atoms with Gasteiger partial charge >= 0.3 is 0 Å². The molecule has 0 unspecified atom stereocenters. The van der Waals surface area contributed by atoms with Gasteiger partial charge in [0.25, 0.3) is 0 Å². The average Bonchev–Trinajstić information content (AvgIpc) is 1.88. The summed E-state index contributed by atoms with van der Waals surface area (Å²) in [5, 5.41) is 0.762. The van der Waals surface area contributed by atoms with Gasteiger partial charge in [-0.2, -0.15) is 0 Å². The van der Waals surface area contributed by atoms with Gasteiger partial charge in [0, 0.05) is 11.1 Å². The van der Waals surface area contributed by atoms with Crippen LogP contribution in [0.2, 0.25) is 0 Å². The molecule has 56 valence electrons. The van der Waals surface area contributed by atoms with E-state index in [-0.39, 0.29) is 0 Å². The first-order valence-electron chi connectivity index (χ1n) is 3.10. The third-order valence-electron chi connectivity index (χ3n) is 1.12. The molecule has 9 heavy (non-hydrogen) atoms. The van der Waals surface area contributed by atoms with E-state index >= 15 is 0 Å². The summed E-state index contributed by atoms with van der Waals surface area (Å²) in [4.78, 5) is 0. The smallest absolute Gasteiger partial charge is 0.0234 e. The average molecular weight is 185 g/mol. The molecule has 0 aliphatic heterocycles. The predicted octanol–water partition coefficient (Wildman–Crippen LogP) is 3.41. The molecule has 0 saturated heterocycles. The van der Waals surface area contributed by atoms with Crippen molar-refractivity contribution in [1.29, 1.82) is 0 Å². The van der Waals surface area contributed by atoms with E-state index in [1.807, 2.05) is 21.6 Å². The van der Waals surface area contributed by atoms with Crippen LogP contribution >= 0.6 is 33.2 Å². The van der Waals surface area contributed by atoms with Crippen LogP contribution in [0.15, 0.2) is 0 Å². The first-order valence-corrected chi connectivity index (χ1v) is 6.26. The summed E-state index contributed by atoms with van der Waals surface area (Å²) in [7, 11) is 3.77. The Labute approximate surface area is 70.5 Å². The van der Waals surface area contributed by atoms with Gasteiger partial charge in [-0.1, -0.05) is 28.5 Å². The molecule has 0 aromatic rings. The first kappa shape index (κ1) is 9.99. The topological polar surface area (TPSA) is 0 Å². The minimum atomic E-state index is 0.762. The fraction of sp³-hybridized carbons (Fsp3) is 1.00. The lowest BCUT2D eigenvalue weighted by atomic mass is 10.3. The van der Waals surface area contributed by atoms with E-state index in [4.69, 9.17) is 11.6 Å². The summed E-state index contributed by atoms with van der Waals surface area (Å²) >= 11 is 5.59. The molecule has 0 spiro atoms. The minimum Gasteiger partial charge on any atom is -0.127 e. The van der Waals surface area contributed by atoms with Gasteiger partial charge in [-0.3, -0.25) is 0 Å². The highest BCUT2D eigenvalue weighted by molar-refractivity contribution is 8.76. The lowest BCUT2D eigenvalue weighted by Crippen LogP contribution is -1.98. The molecule has 0 heterocycles. The van der Waals surface area contributed by atoms with Crippen molar-refractivity contribution in [3.63, 3.8) is 0 Å². The Balaban J connectivity index is 3.18. The van der Waals surface area contributed by atoms with Crippen LogP contribution in [0.25, 0.3) is 0 Å². The minimum absolute atomic E-state index is 0.762. The van der Waals surface area contributed by atoms with Gasteiger partial charge in [-0.25, -0.2) is 0 Å². The summed E-state index contributed by atoms with van der Waals surface area (Å²) in [6.45, 7) is 2.21. The predicted molar refractivity (Wildman–Crippen MR) is 50.5 cm³/mol. The number of halogens is 1. The van der Waals surface area contributed by atoms with Crippen LogP contribution in [-0.2, 0) is 0 Å². The van der Waals surface area contributed by atoms with Crippen LogP contribution in [0.3, 0.4) is 0 Å². The van der Waals surface area contributed by atoms with Gasteiger partial charge in [0.15, 0.2) is 0 Å². The van der Waals surface area contributed by atoms with E-state index in [2.05, 4.69) is 13.2 Å². The number of hydrogen-bond donors (Lipinski definition) is 0. The lowest BCUT2D eigenvalue weighted by molar-refractivity contribution is 0.801. The van der Waals surface area contributed by atoms with Crippen LogP contribution in [0.1, 0.15) is 19.8 Å². The molecule has 0 N–H and O–H groups in total. The molecule has 0 aliphatic rings. The largest absolute Gasteiger partial charge is 0.127 e. The maximum Gasteiger partial charge on any atom is 0.0234 e. The molecule has 0 nitrogen and oxygen atoms in total. The van der Waals surface area contributed by atoms with Gasteiger partial charge in [0.05, 0.1) is 0 Å². The molecule has 0 aliphatic carbocycles. The van der Waals surface area contributed by atoms with Crippen LogP contribution in [0, 0.1) is 0 Å². The van der Waals surface area contributed by atoms with Gasteiger partial charge < -0.3 is 0 Å². The van der Waals surface area contributed by atoms with E-state index in [0.29, 0.717) is 0 Å². The highest BCUT2D eigenvalue weighted by Gasteiger charge is 2.03. The van der Waals surface area contributed by atoms with Crippen molar-refractivity contribution in [3.8, 4) is 0 Å². The molecule has 0 bridgehead atoms. The standard InChI is InChI=1S/C6H13ClS2/c1-3-6(4-5-7)9-8-2/h6H,3-5H2,1-2H3/t6-/m0/s1. The second kappa shape index (κ2) is 7.10. The van der Waals surface area contributed by atoms with Crippen LogP contribution < -0.4 is 0 Å². The zero-order valence-corrected chi connectivity index (χ0v) is 8.28. The Morgan fingerprint density at radius 1 is 1.56 bits per heavy atom. The second-order valence-electron chi connectivity index (χ2n) is 1.77. The van der Waals surface area contributed by atoms with E-state index in [1.54, 1.807) is 0 Å². The highest BCUT2D eigenvalue weighted by atomic mass is 35.5. The van der Waals surface area contributed by atoms with E-state index in [0.717, 1.165) is 17.6 Å². The second-order valence-corrected chi connectivity index (χ2v) is 4.92. The van der Waals surface area contributed by atoms with E-state index in [9.17, 15) is 0 Å². The van der Waals surface area contributed by atoms with Gasteiger partial charge in [-0.05, 0) is 19.1 Å². The third-order valence-corrected chi connectivity index (χ3v) is 3.76. The van der Waals surface area contributed by atoms with Crippen molar-refractivity contribution in [2.24, 2.45) is 0 Å². The summed E-state index contributed by atoms with van der Waals surface area (Å²) in [6, 6.07) is 0. The maximum absolute atomic E-state index is 5.59. The van der Waals surface area contributed by atoms with E-state index < -0.39 is 0 Å².